The van der Waals surface area contributed by atoms with E-state index in [1.807, 2.05) is 72.1 Å². The van der Waals surface area contributed by atoms with Gasteiger partial charge in [-0.1, -0.05) is 48.5 Å². The summed E-state index contributed by atoms with van der Waals surface area (Å²) >= 11 is 1.52. The van der Waals surface area contributed by atoms with Crippen molar-refractivity contribution in [1.29, 1.82) is 0 Å². The number of amides is 2. The van der Waals surface area contributed by atoms with Crippen molar-refractivity contribution < 1.29 is 18.7 Å². The first-order chi connectivity index (χ1) is 16.6. The zero-order chi connectivity index (χ0) is 23.8. The molecule has 0 spiro atoms. The van der Waals surface area contributed by atoms with E-state index in [0.717, 1.165) is 21.8 Å². The number of carbonyl (C=O) groups excluding carboxylic acids is 2. The number of methoxy groups -OCH3 is 1. The van der Waals surface area contributed by atoms with Gasteiger partial charge in [0.2, 0.25) is 5.91 Å². The molecule has 4 aromatic rings. The molecule has 2 heterocycles. The SMILES string of the molecule is COc1ccc(CNC(=O)[C@H](c2ccco2)N(Cc2ccccc2)C(=O)Cc2cccs2)cc1. The maximum absolute atomic E-state index is 13.5. The molecule has 4 rings (SSSR count). The van der Waals surface area contributed by atoms with Crippen LogP contribution >= 0.6 is 11.3 Å². The van der Waals surface area contributed by atoms with Gasteiger partial charge in [-0.25, -0.2) is 0 Å². The summed E-state index contributed by atoms with van der Waals surface area (Å²) in [5.74, 6) is 0.716. The van der Waals surface area contributed by atoms with Crippen LogP contribution in [-0.4, -0.2) is 23.8 Å². The Morgan fingerprint density at radius 2 is 1.76 bits per heavy atom. The smallest absolute Gasteiger partial charge is 0.251 e. The highest BCUT2D eigenvalue weighted by Gasteiger charge is 2.33. The lowest BCUT2D eigenvalue weighted by atomic mass is 10.1. The Balaban J connectivity index is 1.59. The molecule has 0 unspecified atom stereocenters. The molecule has 2 amide bonds. The molecule has 7 heteroatoms. The number of ether oxygens (including phenoxy) is 1. The second-order valence-electron chi connectivity index (χ2n) is 7.75. The molecule has 0 aliphatic carbocycles. The van der Waals surface area contributed by atoms with E-state index in [-0.39, 0.29) is 24.8 Å². The fraction of sp³-hybridized carbons (Fsp3) is 0.185. The first-order valence-corrected chi connectivity index (χ1v) is 11.8. The average Bonchev–Trinajstić information content (AvgIpc) is 3.58. The summed E-state index contributed by atoms with van der Waals surface area (Å²) in [4.78, 5) is 29.5. The van der Waals surface area contributed by atoms with Gasteiger partial charge in [0.25, 0.3) is 5.91 Å². The highest BCUT2D eigenvalue weighted by atomic mass is 32.1. The van der Waals surface area contributed by atoms with E-state index < -0.39 is 6.04 Å². The minimum Gasteiger partial charge on any atom is -0.497 e. The number of hydrogen-bond acceptors (Lipinski definition) is 5. The molecule has 2 aromatic heterocycles. The van der Waals surface area contributed by atoms with E-state index >= 15 is 0 Å². The van der Waals surface area contributed by atoms with Gasteiger partial charge in [-0.15, -0.1) is 11.3 Å². The molecule has 1 atom stereocenters. The lowest BCUT2D eigenvalue weighted by Crippen LogP contribution is -2.43. The van der Waals surface area contributed by atoms with Crippen molar-refractivity contribution >= 4 is 23.2 Å². The molecule has 0 aliphatic rings. The van der Waals surface area contributed by atoms with E-state index in [0.29, 0.717) is 12.3 Å². The Hall–Kier alpha value is -3.84. The normalized spacial score (nSPS) is 11.6. The van der Waals surface area contributed by atoms with Crippen LogP contribution in [0.15, 0.2) is 94.9 Å². The monoisotopic (exact) mass is 474 g/mol. The van der Waals surface area contributed by atoms with Crippen LogP contribution in [0.4, 0.5) is 0 Å². The van der Waals surface area contributed by atoms with Crippen LogP contribution in [0, 0.1) is 0 Å². The lowest BCUT2D eigenvalue weighted by Gasteiger charge is -2.30. The van der Waals surface area contributed by atoms with Gasteiger partial charge in [0.1, 0.15) is 11.5 Å². The van der Waals surface area contributed by atoms with Crippen LogP contribution in [0.3, 0.4) is 0 Å². The number of carbonyl (C=O) groups is 2. The summed E-state index contributed by atoms with van der Waals surface area (Å²) in [5, 5.41) is 4.91. The third-order valence-corrected chi connectivity index (χ3v) is 6.30. The first-order valence-electron chi connectivity index (χ1n) is 10.9. The van der Waals surface area contributed by atoms with E-state index in [4.69, 9.17) is 9.15 Å². The van der Waals surface area contributed by atoms with Gasteiger partial charge < -0.3 is 19.4 Å². The lowest BCUT2D eigenvalue weighted by molar-refractivity contribution is -0.141. The van der Waals surface area contributed by atoms with Crippen molar-refractivity contribution in [2.24, 2.45) is 0 Å². The van der Waals surface area contributed by atoms with Gasteiger partial charge in [-0.05, 0) is 46.8 Å². The summed E-state index contributed by atoms with van der Waals surface area (Å²) in [5.41, 5.74) is 1.86. The summed E-state index contributed by atoms with van der Waals surface area (Å²) in [7, 11) is 1.61. The molecule has 0 saturated carbocycles. The van der Waals surface area contributed by atoms with E-state index in [9.17, 15) is 9.59 Å². The van der Waals surface area contributed by atoms with Crippen molar-refractivity contribution in [2.75, 3.05) is 7.11 Å². The summed E-state index contributed by atoms with van der Waals surface area (Å²) in [6.45, 7) is 0.602. The molecule has 1 N–H and O–H groups in total. The number of rotatable bonds is 10. The zero-order valence-corrected chi connectivity index (χ0v) is 19.7. The molecule has 0 aliphatic heterocycles. The van der Waals surface area contributed by atoms with Gasteiger partial charge >= 0.3 is 0 Å². The van der Waals surface area contributed by atoms with E-state index in [1.54, 1.807) is 24.1 Å². The number of thiophene rings is 1. The molecule has 0 bridgehead atoms. The highest BCUT2D eigenvalue weighted by Crippen LogP contribution is 2.26. The summed E-state index contributed by atoms with van der Waals surface area (Å²) < 4.78 is 10.8. The molecular weight excluding hydrogens is 448 g/mol. The number of nitrogens with zero attached hydrogens (tertiary/aromatic N) is 1. The van der Waals surface area contributed by atoms with Crippen molar-refractivity contribution in [3.63, 3.8) is 0 Å². The summed E-state index contributed by atoms with van der Waals surface area (Å²) in [6, 6.07) is 23.5. The maximum Gasteiger partial charge on any atom is 0.251 e. The molecular formula is C27H26N2O4S. The topological polar surface area (TPSA) is 71.8 Å². The van der Waals surface area contributed by atoms with Gasteiger partial charge in [0, 0.05) is 18.0 Å². The fourth-order valence-electron chi connectivity index (χ4n) is 3.67. The highest BCUT2D eigenvalue weighted by molar-refractivity contribution is 7.10. The Labute approximate surface area is 202 Å². The van der Waals surface area contributed by atoms with E-state index in [2.05, 4.69) is 5.32 Å². The molecule has 0 saturated heterocycles. The fourth-order valence-corrected chi connectivity index (χ4v) is 4.36. The number of benzene rings is 2. The minimum absolute atomic E-state index is 0.146. The minimum atomic E-state index is -0.902. The van der Waals surface area contributed by atoms with Crippen LogP contribution in [0.5, 0.6) is 5.75 Å². The van der Waals surface area contributed by atoms with Crippen molar-refractivity contribution in [3.05, 3.63) is 112 Å². The van der Waals surface area contributed by atoms with Crippen molar-refractivity contribution in [3.8, 4) is 5.75 Å². The Kier molecular flexibility index (Phi) is 7.78. The second-order valence-corrected chi connectivity index (χ2v) is 8.78. The quantitative estimate of drug-likeness (QED) is 0.352. The Morgan fingerprint density at radius 1 is 0.971 bits per heavy atom. The second kappa shape index (κ2) is 11.3. The van der Waals surface area contributed by atoms with Gasteiger partial charge in [-0.3, -0.25) is 9.59 Å². The van der Waals surface area contributed by atoms with Crippen LogP contribution < -0.4 is 10.1 Å². The number of nitrogens with one attached hydrogen (secondary N) is 1. The molecule has 2 aromatic carbocycles. The van der Waals surface area contributed by atoms with Crippen LogP contribution in [0.1, 0.15) is 27.8 Å². The third kappa shape index (κ3) is 5.94. The standard InChI is InChI=1S/C27H26N2O4S/c1-32-22-13-11-20(12-14-22)18-28-27(31)26(24-10-5-15-33-24)29(19-21-7-3-2-4-8-21)25(30)17-23-9-6-16-34-23/h2-16,26H,17-19H2,1H3,(H,28,31)/t26-/m0/s1. The predicted octanol–water partition coefficient (Wildman–Crippen LogP) is 4.98. The first kappa shape index (κ1) is 23.3. The molecule has 174 valence electrons. The molecule has 0 fully saturated rings. The van der Waals surface area contributed by atoms with Gasteiger partial charge in [-0.2, -0.15) is 0 Å². The third-order valence-electron chi connectivity index (χ3n) is 5.42. The van der Waals surface area contributed by atoms with Crippen molar-refractivity contribution in [2.45, 2.75) is 25.6 Å². The van der Waals surface area contributed by atoms with Crippen molar-refractivity contribution in [1.82, 2.24) is 10.2 Å². The maximum atomic E-state index is 13.5. The van der Waals surface area contributed by atoms with Gasteiger partial charge in [0.15, 0.2) is 6.04 Å². The largest absolute Gasteiger partial charge is 0.497 e. The number of hydrogen-bond donors (Lipinski definition) is 1. The Bertz CT molecular complexity index is 1170. The van der Waals surface area contributed by atoms with Crippen LogP contribution in [0.2, 0.25) is 0 Å². The molecule has 6 nitrogen and oxygen atoms in total. The molecule has 0 radical (unpaired) electrons. The van der Waals surface area contributed by atoms with Gasteiger partial charge in [0.05, 0.1) is 19.8 Å². The average molecular weight is 475 g/mol. The molecule has 34 heavy (non-hydrogen) atoms. The van der Waals surface area contributed by atoms with E-state index in [1.165, 1.54) is 17.6 Å². The van der Waals surface area contributed by atoms with Crippen LogP contribution in [0.25, 0.3) is 0 Å². The summed E-state index contributed by atoms with van der Waals surface area (Å²) in [6.07, 6.45) is 1.73. The zero-order valence-electron chi connectivity index (χ0n) is 18.8. The number of furan rings is 1. The Morgan fingerprint density at radius 3 is 2.41 bits per heavy atom. The predicted molar refractivity (Wildman–Crippen MR) is 131 cm³/mol. The van der Waals surface area contributed by atoms with Crippen LogP contribution in [-0.2, 0) is 29.1 Å².